The minimum absolute atomic E-state index is 0.0354. The summed E-state index contributed by atoms with van der Waals surface area (Å²) in [5, 5.41) is 19.6. The van der Waals surface area contributed by atoms with Gasteiger partial charge in [0.25, 0.3) is 5.91 Å². The van der Waals surface area contributed by atoms with Crippen molar-refractivity contribution in [1.82, 2.24) is 14.8 Å². The van der Waals surface area contributed by atoms with Crippen molar-refractivity contribution in [3.05, 3.63) is 88.1 Å². The first-order chi connectivity index (χ1) is 14.6. The predicted molar refractivity (Wildman–Crippen MR) is 118 cm³/mol. The lowest BCUT2D eigenvalue weighted by molar-refractivity contribution is 0.103. The molecule has 0 aliphatic heterocycles. The Bertz CT molecular complexity index is 1140. The number of aromatic nitrogens is 3. The molecule has 7 nitrogen and oxygen atoms in total. The number of thiophene rings is 1. The lowest BCUT2D eigenvalue weighted by atomic mass is 10.1. The van der Waals surface area contributed by atoms with E-state index in [4.69, 9.17) is 0 Å². The number of benzene rings is 2. The minimum atomic E-state index is -0.136. The Morgan fingerprint density at radius 1 is 1.13 bits per heavy atom. The highest BCUT2D eigenvalue weighted by Crippen LogP contribution is 2.22. The molecular weight excluding hydrogens is 398 g/mol. The summed E-state index contributed by atoms with van der Waals surface area (Å²) in [6.45, 7) is 2.67. The number of anilines is 2. The molecule has 2 aromatic heterocycles. The molecule has 3 N–H and O–H groups in total. The number of aliphatic hydroxyl groups excluding tert-OH is 1. The number of aryl methyl sites for hydroxylation is 1. The van der Waals surface area contributed by atoms with Gasteiger partial charge in [0.15, 0.2) is 0 Å². The van der Waals surface area contributed by atoms with E-state index in [1.165, 1.54) is 17.7 Å². The average molecular weight is 420 g/mol. The summed E-state index contributed by atoms with van der Waals surface area (Å²) in [5.74, 6) is -0.136. The van der Waals surface area contributed by atoms with Crippen molar-refractivity contribution in [3.63, 3.8) is 0 Å². The largest absolute Gasteiger partial charge is 0.392 e. The fourth-order valence-corrected chi connectivity index (χ4v) is 3.87. The number of hydrogen-bond donors (Lipinski definition) is 3. The molecular formula is C22H21N5O2S. The van der Waals surface area contributed by atoms with Gasteiger partial charge in [0.2, 0.25) is 0 Å². The Morgan fingerprint density at radius 3 is 2.67 bits per heavy atom. The van der Waals surface area contributed by atoms with Gasteiger partial charge < -0.3 is 15.7 Å². The minimum Gasteiger partial charge on any atom is -0.392 e. The van der Waals surface area contributed by atoms with Crippen LogP contribution < -0.4 is 10.6 Å². The van der Waals surface area contributed by atoms with Gasteiger partial charge >= 0.3 is 0 Å². The molecule has 152 valence electrons. The van der Waals surface area contributed by atoms with Crippen LogP contribution in [0.3, 0.4) is 0 Å². The number of rotatable bonds is 7. The summed E-state index contributed by atoms with van der Waals surface area (Å²) in [4.78, 5) is 18.2. The van der Waals surface area contributed by atoms with Crippen LogP contribution in [-0.4, -0.2) is 25.8 Å². The fraction of sp³-hybridized carbons (Fsp3) is 0.136. The molecule has 0 aliphatic carbocycles. The summed E-state index contributed by atoms with van der Waals surface area (Å²) >= 11 is 1.46. The van der Waals surface area contributed by atoms with Gasteiger partial charge in [-0.3, -0.25) is 4.79 Å². The number of carbonyl (C=O) groups excluding carboxylic acids is 1. The maximum atomic E-state index is 12.6. The molecule has 1 amide bonds. The van der Waals surface area contributed by atoms with Gasteiger partial charge in [-0.15, -0.1) is 11.3 Å². The molecule has 0 radical (unpaired) electrons. The smallest absolute Gasteiger partial charge is 0.265 e. The first-order valence-corrected chi connectivity index (χ1v) is 10.2. The van der Waals surface area contributed by atoms with Crippen molar-refractivity contribution in [3.8, 4) is 5.69 Å². The zero-order valence-corrected chi connectivity index (χ0v) is 17.2. The van der Waals surface area contributed by atoms with Crippen molar-refractivity contribution in [2.45, 2.75) is 20.1 Å². The van der Waals surface area contributed by atoms with E-state index in [9.17, 15) is 9.90 Å². The van der Waals surface area contributed by atoms with E-state index in [1.807, 2.05) is 61.5 Å². The molecule has 0 atom stereocenters. The zero-order chi connectivity index (χ0) is 20.9. The van der Waals surface area contributed by atoms with Gasteiger partial charge in [-0.1, -0.05) is 12.1 Å². The van der Waals surface area contributed by atoms with Crippen molar-refractivity contribution in [2.75, 3.05) is 10.6 Å². The summed E-state index contributed by atoms with van der Waals surface area (Å²) in [5.41, 5.74) is 4.57. The van der Waals surface area contributed by atoms with Crippen LogP contribution in [0.5, 0.6) is 0 Å². The van der Waals surface area contributed by atoms with Crippen LogP contribution in [-0.2, 0) is 13.2 Å². The topological polar surface area (TPSA) is 92.1 Å². The SMILES string of the molecule is Cc1cc(CO)ccc1NCc1ccc(C(=O)Nc2ccc(-n3cncn3)cc2)s1. The van der Waals surface area contributed by atoms with Gasteiger partial charge in [0, 0.05) is 22.8 Å². The highest BCUT2D eigenvalue weighted by Gasteiger charge is 2.10. The van der Waals surface area contributed by atoms with Crippen LogP contribution in [0.25, 0.3) is 5.69 Å². The Morgan fingerprint density at radius 2 is 1.97 bits per heavy atom. The van der Waals surface area contributed by atoms with Gasteiger partial charge in [0.05, 0.1) is 17.2 Å². The van der Waals surface area contributed by atoms with Gasteiger partial charge in [-0.25, -0.2) is 9.67 Å². The van der Waals surface area contributed by atoms with E-state index in [2.05, 4.69) is 20.7 Å². The predicted octanol–water partition coefficient (Wildman–Crippen LogP) is 3.99. The molecule has 0 fully saturated rings. The molecule has 8 heteroatoms. The molecule has 0 bridgehead atoms. The number of hydrogen-bond acceptors (Lipinski definition) is 6. The van der Waals surface area contributed by atoms with Crippen LogP contribution in [0.1, 0.15) is 25.7 Å². The summed E-state index contributed by atoms with van der Waals surface area (Å²) in [6.07, 6.45) is 3.10. The molecule has 0 aliphatic rings. The van der Waals surface area contributed by atoms with Crippen LogP contribution in [0, 0.1) is 6.92 Å². The maximum absolute atomic E-state index is 12.6. The van der Waals surface area contributed by atoms with E-state index in [0.29, 0.717) is 11.4 Å². The molecule has 0 saturated carbocycles. The maximum Gasteiger partial charge on any atom is 0.265 e. The summed E-state index contributed by atoms with van der Waals surface area (Å²) < 4.78 is 1.66. The number of nitrogens with zero attached hydrogens (tertiary/aromatic N) is 3. The number of carbonyl (C=O) groups is 1. The Balaban J connectivity index is 1.36. The fourth-order valence-electron chi connectivity index (χ4n) is 3.03. The summed E-state index contributed by atoms with van der Waals surface area (Å²) in [7, 11) is 0. The first kappa shape index (κ1) is 19.8. The van der Waals surface area contributed by atoms with Crippen molar-refractivity contribution >= 4 is 28.6 Å². The van der Waals surface area contributed by atoms with Crippen LogP contribution >= 0.6 is 11.3 Å². The number of nitrogens with one attached hydrogen (secondary N) is 2. The van der Waals surface area contributed by atoms with E-state index in [1.54, 1.807) is 11.0 Å². The van der Waals surface area contributed by atoms with E-state index in [-0.39, 0.29) is 12.5 Å². The average Bonchev–Trinajstić information content (AvgIpc) is 3.46. The lowest BCUT2D eigenvalue weighted by Crippen LogP contribution is -2.10. The number of amides is 1. The zero-order valence-electron chi connectivity index (χ0n) is 16.4. The molecule has 4 aromatic rings. The Hall–Kier alpha value is -3.49. The van der Waals surface area contributed by atoms with E-state index >= 15 is 0 Å². The Labute approximate surface area is 178 Å². The highest BCUT2D eigenvalue weighted by atomic mass is 32.1. The second-order valence-electron chi connectivity index (χ2n) is 6.77. The first-order valence-electron chi connectivity index (χ1n) is 9.42. The van der Waals surface area contributed by atoms with Gasteiger partial charge in [0.1, 0.15) is 12.7 Å². The second kappa shape index (κ2) is 8.89. The molecule has 0 spiro atoms. The number of aliphatic hydroxyl groups is 1. The van der Waals surface area contributed by atoms with E-state index < -0.39 is 0 Å². The second-order valence-corrected chi connectivity index (χ2v) is 7.94. The standard InChI is InChI=1S/C22H21N5O2S/c1-15-10-16(12-28)2-8-20(15)24-11-19-7-9-21(30-19)22(29)26-17-3-5-18(6-4-17)27-14-23-13-25-27/h2-10,13-14,24,28H,11-12H2,1H3,(H,26,29). The third-order valence-electron chi connectivity index (χ3n) is 4.62. The molecule has 2 heterocycles. The van der Waals surface area contributed by atoms with Crippen LogP contribution in [0.2, 0.25) is 0 Å². The summed E-state index contributed by atoms with van der Waals surface area (Å²) in [6, 6.07) is 17.0. The monoisotopic (exact) mass is 419 g/mol. The molecule has 0 unspecified atom stereocenters. The van der Waals surface area contributed by atoms with Gasteiger partial charge in [-0.05, 0) is 60.5 Å². The molecule has 30 heavy (non-hydrogen) atoms. The normalized spacial score (nSPS) is 10.7. The lowest BCUT2D eigenvalue weighted by Gasteiger charge is -2.09. The van der Waals surface area contributed by atoms with E-state index in [0.717, 1.165) is 33.1 Å². The quantitative estimate of drug-likeness (QED) is 0.421. The van der Waals surface area contributed by atoms with Crippen LogP contribution in [0.15, 0.2) is 67.3 Å². The third kappa shape index (κ3) is 4.56. The Kier molecular flexibility index (Phi) is 5.87. The van der Waals surface area contributed by atoms with Gasteiger partial charge in [-0.2, -0.15) is 5.10 Å². The van der Waals surface area contributed by atoms with Crippen molar-refractivity contribution in [1.29, 1.82) is 0 Å². The van der Waals surface area contributed by atoms with Crippen molar-refractivity contribution in [2.24, 2.45) is 0 Å². The van der Waals surface area contributed by atoms with Crippen molar-refractivity contribution < 1.29 is 9.90 Å². The molecule has 0 saturated heterocycles. The molecule has 2 aromatic carbocycles. The third-order valence-corrected chi connectivity index (χ3v) is 5.70. The molecule has 4 rings (SSSR count). The highest BCUT2D eigenvalue weighted by molar-refractivity contribution is 7.14. The van der Waals surface area contributed by atoms with Crippen LogP contribution in [0.4, 0.5) is 11.4 Å².